The van der Waals surface area contributed by atoms with E-state index < -0.39 is 0 Å². The minimum absolute atomic E-state index is 0.0568. The summed E-state index contributed by atoms with van der Waals surface area (Å²) in [5, 5.41) is 2.88. The quantitative estimate of drug-likeness (QED) is 0.841. The van der Waals surface area contributed by atoms with Gasteiger partial charge in [-0.25, -0.2) is 0 Å². The maximum absolute atomic E-state index is 12.5. The molecule has 1 atom stereocenters. The Kier molecular flexibility index (Phi) is 4.88. The number of carbonyl (C=O) groups is 2. The van der Waals surface area contributed by atoms with Gasteiger partial charge in [0.15, 0.2) is 5.78 Å². The second-order valence-corrected chi connectivity index (χ2v) is 4.96. The lowest BCUT2D eigenvalue weighted by Crippen LogP contribution is -2.21. The molecule has 2 aromatic carbocycles. The molecule has 0 heterocycles. The van der Waals surface area contributed by atoms with Crippen molar-refractivity contribution >= 4 is 17.4 Å². The molecule has 0 aliphatic rings. The SMILES string of the molecule is CC[C@@H](C(=O)Nc1ccccc1C(C)=O)c1ccccc1. The van der Waals surface area contributed by atoms with Crippen LogP contribution in [0.3, 0.4) is 0 Å². The number of rotatable bonds is 5. The second kappa shape index (κ2) is 6.84. The van der Waals surface area contributed by atoms with Gasteiger partial charge in [-0.15, -0.1) is 0 Å². The van der Waals surface area contributed by atoms with Gasteiger partial charge in [-0.1, -0.05) is 49.4 Å². The minimum Gasteiger partial charge on any atom is -0.325 e. The van der Waals surface area contributed by atoms with E-state index in [4.69, 9.17) is 0 Å². The van der Waals surface area contributed by atoms with Crippen LogP contribution < -0.4 is 5.32 Å². The molecule has 1 N–H and O–H groups in total. The Hall–Kier alpha value is -2.42. The lowest BCUT2D eigenvalue weighted by molar-refractivity contribution is -0.117. The molecule has 3 nitrogen and oxygen atoms in total. The van der Waals surface area contributed by atoms with Crippen LogP contribution in [0.25, 0.3) is 0 Å². The van der Waals surface area contributed by atoms with Crippen molar-refractivity contribution in [1.29, 1.82) is 0 Å². The van der Waals surface area contributed by atoms with Crippen molar-refractivity contribution in [3.8, 4) is 0 Å². The van der Waals surface area contributed by atoms with Crippen LogP contribution in [-0.4, -0.2) is 11.7 Å². The summed E-state index contributed by atoms with van der Waals surface area (Å²) in [5.41, 5.74) is 2.09. The average Bonchev–Trinajstić information content (AvgIpc) is 2.49. The first-order valence-electron chi connectivity index (χ1n) is 7.09. The number of benzene rings is 2. The van der Waals surface area contributed by atoms with E-state index in [1.54, 1.807) is 18.2 Å². The van der Waals surface area contributed by atoms with Crippen LogP contribution in [0.2, 0.25) is 0 Å². The van der Waals surface area contributed by atoms with Crippen LogP contribution in [0, 0.1) is 0 Å². The van der Waals surface area contributed by atoms with Gasteiger partial charge in [0.25, 0.3) is 0 Å². The van der Waals surface area contributed by atoms with Crippen LogP contribution in [-0.2, 0) is 4.79 Å². The summed E-state index contributed by atoms with van der Waals surface area (Å²) in [4.78, 5) is 24.1. The first-order chi connectivity index (χ1) is 10.1. The highest BCUT2D eigenvalue weighted by molar-refractivity contribution is 6.05. The number of amides is 1. The number of carbonyl (C=O) groups excluding carboxylic acids is 2. The predicted molar refractivity (Wildman–Crippen MR) is 84.6 cm³/mol. The Balaban J connectivity index is 2.23. The Labute approximate surface area is 125 Å². The number of Topliss-reactive ketones (excluding diaryl/α,β-unsaturated/α-hetero) is 1. The second-order valence-electron chi connectivity index (χ2n) is 4.96. The molecule has 0 aliphatic carbocycles. The van der Waals surface area contributed by atoms with E-state index in [1.165, 1.54) is 6.92 Å². The molecule has 2 rings (SSSR count). The van der Waals surface area contributed by atoms with Crippen molar-refractivity contribution in [2.75, 3.05) is 5.32 Å². The predicted octanol–water partition coefficient (Wildman–Crippen LogP) is 4.02. The lowest BCUT2D eigenvalue weighted by Gasteiger charge is -2.16. The standard InChI is InChI=1S/C18H19NO2/c1-3-15(14-9-5-4-6-10-14)18(21)19-17-12-8-7-11-16(17)13(2)20/h4-12,15H,3H2,1-2H3,(H,19,21)/t15-/m1/s1. The third-order valence-corrected chi connectivity index (χ3v) is 3.49. The van der Waals surface area contributed by atoms with E-state index in [-0.39, 0.29) is 17.6 Å². The summed E-state index contributed by atoms with van der Waals surface area (Å²) >= 11 is 0. The summed E-state index contributed by atoms with van der Waals surface area (Å²) in [6.07, 6.45) is 0.706. The molecule has 0 saturated carbocycles. The van der Waals surface area contributed by atoms with Crippen LogP contribution in [0.1, 0.15) is 42.1 Å². The molecule has 3 heteroatoms. The fourth-order valence-electron chi connectivity index (χ4n) is 2.38. The molecule has 108 valence electrons. The largest absolute Gasteiger partial charge is 0.325 e. The van der Waals surface area contributed by atoms with Gasteiger partial charge in [-0.05, 0) is 31.0 Å². The van der Waals surface area contributed by atoms with E-state index >= 15 is 0 Å². The highest BCUT2D eigenvalue weighted by Crippen LogP contribution is 2.23. The van der Waals surface area contributed by atoms with E-state index in [2.05, 4.69) is 5.32 Å². The zero-order chi connectivity index (χ0) is 15.2. The Morgan fingerprint density at radius 1 is 1.00 bits per heavy atom. The number of nitrogens with one attached hydrogen (secondary N) is 1. The van der Waals surface area contributed by atoms with Crippen molar-refractivity contribution < 1.29 is 9.59 Å². The molecule has 0 spiro atoms. The van der Waals surface area contributed by atoms with Crippen LogP contribution in [0.4, 0.5) is 5.69 Å². The van der Waals surface area contributed by atoms with Crippen molar-refractivity contribution in [3.05, 3.63) is 65.7 Å². The molecular weight excluding hydrogens is 262 g/mol. The van der Waals surface area contributed by atoms with Crippen LogP contribution >= 0.6 is 0 Å². The fourth-order valence-corrected chi connectivity index (χ4v) is 2.38. The van der Waals surface area contributed by atoms with Gasteiger partial charge in [0.05, 0.1) is 11.6 Å². The van der Waals surface area contributed by atoms with E-state index in [0.717, 1.165) is 5.56 Å². The molecule has 0 fully saturated rings. The molecule has 0 aromatic heterocycles. The van der Waals surface area contributed by atoms with Gasteiger partial charge in [-0.3, -0.25) is 9.59 Å². The van der Waals surface area contributed by atoms with E-state index in [0.29, 0.717) is 17.7 Å². The highest BCUT2D eigenvalue weighted by Gasteiger charge is 2.19. The highest BCUT2D eigenvalue weighted by atomic mass is 16.2. The molecule has 0 aliphatic heterocycles. The van der Waals surface area contributed by atoms with Crippen molar-refractivity contribution in [2.24, 2.45) is 0 Å². The van der Waals surface area contributed by atoms with Gasteiger partial charge in [0, 0.05) is 5.56 Å². The van der Waals surface area contributed by atoms with E-state index in [9.17, 15) is 9.59 Å². The number of para-hydroxylation sites is 1. The molecule has 0 unspecified atom stereocenters. The van der Waals surface area contributed by atoms with Gasteiger partial charge >= 0.3 is 0 Å². The summed E-state index contributed by atoms with van der Waals surface area (Å²) < 4.78 is 0. The lowest BCUT2D eigenvalue weighted by atomic mass is 9.95. The smallest absolute Gasteiger partial charge is 0.231 e. The maximum Gasteiger partial charge on any atom is 0.231 e. The molecule has 21 heavy (non-hydrogen) atoms. The summed E-state index contributed by atoms with van der Waals surface area (Å²) in [7, 11) is 0. The zero-order valence-corrected chi connectivity index (χ0v) is 12.3. The Morgan fingerprint density at radius 2 is 1.62 bits per heavy atom. The van der Waals surface area contributed by atoms with Gasteiger partial charge in [0.1, 0.15) is 0 Å². The first-order valence-corrected chi connectivity index (χ1v) is 7.09. The first kappa shape index (κ1) is 15.0. The fraction of sp³-hybridized carbons (Fsp3) is 0.222. The maximum atomic E-state index is 12.5. The van der Waals surface area contributed by atoms with E-state index in [1.807, 2.05) is 43.3 Å². The summed E-state index contributed by atoms with van der Waals surface area (Å²) in [5.74, 6) is -0.359. The number of hydrogen-bond donors (Lipinski definition) is 1. The number of anilines is 1. The Morgan fingerprint density at radius 3 is 2.24 bits per heavy atom. The summed E-state index contributed by atoms with van der Waals surface area (Å²) in [6.45, 7) is 3.48. The van der Waals surface area contributed by atoms with Gasteiger partial charge in [-0.2, -0.15) is 0 Å². The van der Waals surface area contributed by atoms with Gasteiger partial charge in [0.2, 0.25) is 5.91 Å². The molecule has 1 amide bonds. The monoisotopic (exact) mass is 281 g/mol. The number of ketones is 1. The molecule has 2 aromatic rings. The normalized spacial score (nSPS) is 11.7. The molecule has 0 radical (unpaired) electrons. The molecule has 0 saturated heterocycles. The van der Waals surface area contributed by atoms with Crippen LogP contribution in [0.5, 0.6) is 0 Å². The topological polar surface area (TPSA) is 46.2 Å². The third-order valence-electron chi connectivity index (χ3n) is 3.49. The Bertz CT molecular complexity index is 635. The van der Waals surface area contributed by atoms with Gasteiger partial charge < -0.3 is 5.32 Å². The molecular formula is C18H19NO2. The molecule has 0 bridgehead atoms. The van der Waals surface area contributed by atoms with Crippen molar-refractivity contribution in [3.63, 3.8) is 0 Å². The third kappa shape index (κ3) is 3.57. The number of hydrogen-bond acceptors (Lipinski definition) is 2. The van der Waals surface area contributed by atoms with Crippen molar-refractivity contribution in [1.82, 2.24) is 0 Å². The average molecular weight is 281 g/mol. The summed E-state index contributed by atoms with van der Waals surface area (Å²) in [6, 6.07) is 16.8. The minimum atomic E-state index is -0.216. The van der Waals surface area contributed by atoms with Crippen LogP contribution in [0.15, 0.2) is 54.6 Å². The zero-order valence-electron chi connectivity index (χ0n) is 12.3. The van der Waals surface area contributed by atoms with Crippen molar-refractivity contribution in [2.45, 2.75) is 26.2 Å².